The summed E-state index contributed by atoms with van der Waals surface area (Å²) in [6.07, 6.45) is 3.21. The number of hydrogen-bond acceptors (Lipinski definition) is 3. The van der Waals surface area contributed by atoms with Gasteiger partial charge in [0.15, 0.2) is 0 Å². The van der Waals surface area contributed by atoms with Gasteiger partial charge >= 0.3 is 0 Å². The molecule has 1 amide bonds. The Morgan fingerprint density at radius 2 is 2.37 bits per heavy atom. The van der Waals surface area contributed by atoms with Gasteiger partial charge in [0.25, 0.3) is 5.91 Å². The number of likely N-dealkylation sites (tertiary alicyclic amines) is 1. The lowest BCUT2D eigenvalue weighted by Crippen LogP contribution is -2.38. The van der Waals surface area contributed by atoms with Crippen LogP contribution in [0.2, 0.25) is 0 Å². The van der Waals surface area contributed by atoms with E-state index in [9.17, 15) is 4.79 Å². The third kappa shape index (κ3) is 3.78. The highest BCUT2D eigenvalue weighted by atomic mass is 16.1. The van der Waals surface area contributed by atoms with Crippen LogP contribution >= 0.6 is 0 Å². The zero-order chi connectivity index (χ0) is 13.7. The highest BCUT2D eigenvalue weighted by Crippen LogP contribution is 2.14. The van der Waals surface area contributed by atoms with Gasteiger partial charge in [-0.25, -0.2) is 0 Å². The zero-order valence-electron chi connectivity index (χ0n) is 11.6. The van der Waals surface area contributed by atoms with E-state index in [1.165, 1.54) is 12.8 Å². The molecule has 1 aromatic carbocycles. The molecule has 1 fully saturated rings. The largest absolute Gasteiger partial charge is 0.350 e. The van der Waals surface area contributed by atoms with Gasteiger partial charge in [0.2, 0.25) is 0 Å². The van der Waals surface area contributed by atoms with Crippen molar-refractivity contribution < 1.29 is 4.79 Å². The lowest BCUT2D eigenvalue weighted by molar-refractivity contribution is 0.0943. The number of carbonyl (C=O) groups is 1. The number of rotatable bonds is 5. The standard InChI is InChI=1S/C15H23N3O/c1-18-9-3-6-14(18)11-17-15(19)13-5-2-4-12(10-13)7-8-16/h2,4-5,10,14H,3,6-9,11,16H2,1H3,(H,17,19). The van der Waals surface area contributed by atoms with Crippen molar-refractivity contribution in [2.45, 2.75) is 25.3 Å². The van der Waals surface area contributed by atoms with Crippen molar-refractivity contribution in [3.63, 3.8) is 0 Å². The molecule has 1 unspecified atom stereocenters. The topological polar surface area (TPSA) is 58.4 Å². The number of nitrogens with zero attached hydrogens (tertiary/aromatic N) is 1. The van der Waals surface area contributed by atoms with Crippen molar-refractivity contribution in [1.82, 2.24) is 10.2 Å². The van der Waals surface area contributed by atoms with Crippen molar-refractivity contribution in [1.29, 1.82) is 0 Å². The monoisotopic (exact) mass is 261 g/mol. The van der Waals surface area contributed by atoms with Crippen molar-refractivity contribution in [2.75, 3.05) is 26.7 Å². The normalized spacial score (nSPS) is 19.6. The average molecular weight is 261 g/mol. The number of benzene rings is 1. The maximum Gasteiger partial charge on any atom is 0.251 e. The van der Waals surface area contributed by atoms with Crippen molar-refractivity contribution in [3.05, 3.63) is 35.4 Å². The first-order valence-corrected chi connectivity index (χ1v) is 6.98. The Hall–Kier alpha value is -1.39. The second kappa shape index (κ2) is 6.68. The van der Waals surface area contributed by atoms with Crippen LogP contribution in [0, 0.1) is 0 Å². The number of likely N-dealkylation sites (N-methyl/N-ethyl adjacent to an activating group) is 1. The predicted molar refractivity (Wildman–Crippen MR) is 77.2 cm³/mol. The summed E-state index contributed by atoms with van der Waals surface area (Å²) in [4.78, 5) is 14.4. The molecule has 1 aliphatic rings. The molecule has 1 saturated heterocycles. The minimum Gasteiger partial charge on any atom is -0.350 e. The number of hydrogen-bond donors (Lipinski definition) is 2. The van der Waals surface area contributed by atoms with E-state index in [0.717, 1.165) is 30.6 Å². The minimum absolute atomic E-state index is 0.0131. The molecule has 4 nitrogen and oxygen atoms in total. The van der Waals surface area contributed by atoms with Crippen LogP contribution < -0.4 is 11.1 Å². The van der Waals surface area contributed by atoms with Gasteiger partial charge < -0.3 is 16.0 Å². The molecule has 0 saturated carbocycles. The minimum atomic E-state index is 0.0131. The quantitative estimate of drug-likeness (QED) is 0.832. The third-order valence-electron chi connectivity index (χ3n) is 3.79. The Morgan fingerprint density at radius 1 is 1.53 bits per heavy atom. The first-order valence-electron chi connectivity index (χ1n) is 6.98. The van der Waals surface area contributed by atoms with Crippen LogP contribution in [0.3, 0.4) is 0 Å². The fourth-order valence-electron chi connectivity index (χ4n) is 2.58. The second-order valence-electron chi connectivity index (χ2n) is 5.23. The predicted octanol–water partition coefficient (Wildman–Crippen LogP) is 1.01. The van der Waals surface area contributed by atoms with Crippen LogP contribution in [0.4, 0.5) is 0 Å². The van der Waals surface area contributed by atoms with Gasteiger partial charge in [-0.05, 0) is 57.1 Å². The van der Waals surface area contributed by atoms with Gasteiger partial charge in [0.05, 0.1) is 0 Å². The SMILES string of the molecule is CN1CCCC1CNC(=O)c1cccc(CCN)c1. The molecule has 1 heterocycles. The maximum atomic E-state index is 12.1. The molecule has 0 aliphatic carbocycles. The van der Waals surface area contributed by atoms with Gasteiger partial charge in [-0.3, -0.25) is 4.79 Å². The third-order valence-corrected chi connectivity index (χ3v) is 3.79. The molecule has 4 heteroatoms. The first-order chi connectivity index (χ1) is 9.20. The van der Waals surface area contributed by atoms with E-state index in [2.05, 4.69) is 17.3 Å². The number of nitrogens with two attached hydrogens (primary N) is 1. The lowest BCUT2D eigenvalue weighted by Gasteiger charge is -2.19. The van der Waals surface area contributed by atoms with Gasteiger partial charge in [0, 0.05) is 18.2 Å². The molecule has 3 N–H and O–H groups in total. The van der Waals surface area contributed by atoms with Crippen molar-refractivity contribution >= 4 is 5.91 Å². The van der Waals surface area contributed by atoms with Crippen LogP contribution in [0.5, 0.6) is 0 Å². The van der Waals surface area contributed by atoms with E-state index in [-0.39, 0.29) is 5.91 Å². The Labute approximate surface area is 115 Å². The van der Waals surface area contributed by atoms with Crippen LogP contribution in [0.1, 0.15) is 28.8 Å². The Bertz CT molecular complexity index is 433. The Morgan fingerprint density at radius 3 is 3.05 bits per heavy atom. The molecular formula is C15H23N3O. The van der Waals surface area contributed by atoms with Crippen LogP contribution in [-0.4, -0.2) is 43.5 Å². The maximum absolute atomic E-state index is 12.1. The molecule has 1 aromatic rings. The number of carbonyl (C=O) groups excluding carboxylic acids is 1. The summed E-state index contributed by atoms with van der Waals surface area (Å²) in [7, 11) is 2.12. The molecule has 2 rings (SSSR count). The van der Waals surface area contributed by atoms with E-state index in [1.54, 1.807) is 0 Å². The summed E-state index contributed by atoms with van der Waals surface area (Å²) >= 11 is 0. The zero-order valence-corrected chi connectivity index (χ0v) is 11.6. The van der Waals surface area contributed by atoms with Crippen molar-refractivity contribution in [2.24, 2.45) is 5.73 Å². The number of amides is 1. The second-order valence-corrected chi connectivity index (χ2v) is 5.23. The molecule has 0 aromatic heterocycles. The van der Waals surface area contributed by atoms with E-state index >= 15 is 0 Å². The molecule has 1 aliphatic heterocycles. The van der Waals surface area contributed by atoms with Crippen LogP contribution in [-0.2, 0) is 6.42 Å². The Balaban J connectivity index is 1.90. The summed E-state index contributed by atoms with van der Waals surface area (Å²) < 4.78 is 0. The Kier molecular flexibility index (Phi) is 4.93. The average Bonchev–Trinajstić information content (AvgIpc) is 2.82. The first kappa shape index (κ1) is 14.0. The molecule has 0 radical (unpaired) electrons. The molecule has 19 heavy (non-hydrogen) atoms. The highest BCUT2D eigenvalue weighted by Gasteiger charge is 2.21. The van der Waals surface area contributed by atoms with Gasteiger partial charge in [0.1, 0.15) is 0 Å². The van der Waals surface area contributed by atoms with E-state index in [1.807, 2.05) is 24.3 Å². The van der Waals surface area contributed by atoms with Crippen LogP contribution in [0.25, 0.3) is 0 Å². The highest BCUT2D eigenvalue weighted by molar-refractivity contribution is 5.94. The van der Waals surface area contributed by atoms with Crippen molar-refractivity contribution in [3.8, 4) is 0 Å². The molecule has 104 valence electrons. The van der Waals surface area contributed by atoms with Crippen LogP contribution in [0.15, 0.2) is 24.3 Å². The smallest absolute Gasteiger partial charge is 0.251 e. The van der Waals surface area contributed by atoms with Gasteiger partial charge in [-0.2, -0.15) is 0 Å². The van der Waals surface area contributed by atoms with Gasteiger partial charge in [-0.15, -0.1) is 0 Å². The summed E-state index contributed by atoms with van der Waals surface area (Å²) in [6, 6.07) is 8.20. The molecule has 0 bridgehead atoms. The van der Waals surface area contributed by atoms with Gasteiger partial charge in [-0.1, -0.05) is 12.1 Å². The molecule has 1 atom stereocenters. The summed E-state index contributed by atoms with van der Waals surface area (Å²) in [5.41, 5.74) is 7.38. The fourth-order valence-corrected chi connectivity index (χ4v) is 2.58. The lowest BCUT2D eigenvalue weighted by atomic mass is 10.1. The summed E-state index contributed by atoms with van der Waals surface area (Å²) in [5.74, 6) is 0.0131. The summed E-state index contributed by atoms with van der Waals surface area (Å²) in [5, 5.41) is 3.03. The fraction of sp³-hybridized carbons (Fsp3) is 0.533. The van der Waals surface area contributed by atoms with E-state index in [0.29, 0.717) is 12.6 Å². The van der Waals surface area contributed by atoms with E-state index in [4.69, 9.17) is 5.73 Å². The summed E-state index contributed by atoms with van der Waals surface area (Å²) in [6.45, 7) is 2.47. The molecular weight excluding hydrogens is 238 g/mol. The molecule has 0 spiro atoms. The number of nitrogens with one attached hydrogen (secondary N) is 1. The van der Waals surface area contributed by atoms with E-state index < -0.39 is 0 Å².